The molecule has 180 valence electrons. The van der Waals surface area contributed by atoms with E-state index in [1.165, 1.54) is 29.4 Å². The minimum atomic E-state index is -0.509. The van der Waals surface area contributed by atoms with Crippen molar-refractivity contribution in [2.24, 2.45) is 0 Å². The third kappa shape index (κ3) is 4.34. The fraction of sp³-hybridized carbons (Fsp3) is 0.280. The number of hydrogen-bond donors (Lipinski definition) is 0. The lowest BCUT2D eigenvalue weighted by atomic mass is 10.1. The van der Waals surface area contributed by atoms with Crippen molar-refractivity contribution in [1.29, 1.82) is 0 Å². The van der Waals surface area contributed by atoms with Crippen LogP contribution in [0.5, 0.6) is 0 Å². The van der Waals surface area contributed by atoms with Crippen LogP contribution in [0.2, 0.25) is 0 Å². The van der Waals surface area contributed by atoms with E-state index in [1.54, 1.807) is 21.4 Å². The summed E-state index contributed by atoms with van der Waals surface area (Å²) in [4.78, 5) is 47.5. The molecule has 1 fully saturated rings. The lowest BCUT2D eigenvalue weighted by Gasteiger charge is -2.34. The molecule has 5 rings (SSSR count). The lowest BCUT2D eigenvalue weighted by molar-refractivity contribution is 0.0538. The van der Waals surface area contributed by atoms with Crippen LogP contribution in [0.15, 0.2) is 54.9 Å². The monoisotopic (exact) mass is 477 g/mol. The highest BCUT2D eigenvalue weighted by molar-refractivity contribution is 5.99. The van der Waals surface area contributed by atoms with Gasteiger partial charge in [0.1, 0.15) is 18.8 Å². The number of rotatable bonds is 3. The third-order valence-electron chi connectivity index (χ3n) is 6.28. The molecule has 0 aliphatic carbocycles. The van der Waals surface area contributed by atoms with Gasteiger partial charge in [-0.15, -0.1) is 0 Å². The van der Waals surface area contributed by atoms with Crippen LogP contribution in [-0.2, 0) is 17.9 Å². The molecule has 9 nitrogen and oxygen atoms in total. The van der Waals surface area contributed by atoms with E-state index in [4.69, 9.17) is 4.74 Å². The van der Waals surface area contributed by atoms with Crippen LogP contribution in [0, 0.1) is 5.82 Å². The fourth-order valence-electron chi connectivity index (χ4n) is 4.36. The van der Waals surface area contributed by atoms with E-state index >= 15 is 0 Å². The van der Waals surface area contributed by atoms with Gasteiger partial charge in [0.25, 0.3) is 11.8 Å². The molecule has 35 heavy (non-hydrogen) atoms. The first-order chi connectivity index (χ1) is 16.9. The molecule has 1 aromatic heterocycles. The molecule has 0 atom stereocenters. The summed E-state index contributed by atoms with van der Waals surface area (Å²) in [7, 11) is 1.60. The highest BCUT2D eigenvalue weighted by atomic mass is 19.1. The molecule has 2 aliphatic rings. The molecule has 0 radical (unpaired) electrons. The van der Waals surface area contributed by atoms with Gasteiger partial charge in [0.2, 0.25) is 0 Å². The number of benzene rings is 2. The van der Waals surface area contributed by atoms with E-state index in [0.29, 0.717) is 37.6 Å². The molecule has 0 bridgehead atoms. The van der Waals surface area contributed by atoms with Gasteiger partial charge >= 0.3 is 6.09 Å². The number of piperazine rings is 1. The molecule has 1 saturated heterocycles. The third-order valence-corrected chi connectivity index (χ3v) is 6.28. The summed E-state index contributed by atoms with van der Waals surface area (Å²) in [5, 5.41) is 0. The Morgan fingerprint density at radius 1 is 1.03 bits per heavy atom. The van der Waals surface area contributed by atoms with Crippen molar-refractivity contribution < 1.29 is 23.5 Å². The van der Waals surface area contributed by atoms with Crippen molar-refractivity contribution in [2.45, 2.75) is 13.2 Å². The Morgan fingerprint density at radius 3 is 2.49 bits per heavy atom. The van der Waals surface area contributed by atoms with Crippen LogP contribution in [-0.4, -0.2) is 75.4 Å². The summed E-state index contributed by atoms with van der Waals surface area (Å²) in [6.07, 6.45) is 1.07. The summed E-state index contributed by atoms with van der Waals surface area (Å²) in [6.45, 7) is 1.70. The summed E-state index contributed by atoms with van der Waals surface area (Å²) in [6, 6.07) is 13.4. The number of aromatic nitrogens is 2. The second-order valence-electron chi connectivity index (χ2n) is 8.55. The van der Waals surface area contributed by atoms with Gasteiger partial charge < -0.3 is 19.4 Å². The molecule has 3 amide bonds. The van der Waals surface area contributed by atoms with Crippen molar-refractivity contribution in [3.63, 3.8) is 0 Å². The average Bonchev–Trinajstić information content (AvgIpc) is 3.26. The largest absolute Gasteiger partial charge is 0.445 e. The van der Waals surface area contributed by atoms with Gasteiger partial charge in [0, 0.05) is 33.2 Å². The number of fused-ring (bicyclic) bond motifs is 3. The Morgan fingerprint density at radius 2 is 1.74 bits per heavy atom. The number of amides is 3. The zero-order chi connectivity index (χ0) is 24.5. The normalized spacial score (nSPS) is 15.4. The molecular weight excluding hydrogens is 453 g/mol. The van der Waals surface area contributed by atoms with E-state index in [-0.39, 0.29) is 36.2 Å². The molecule has 0 saturated carbocycles. The van der Waals surface area contributed by atoms with Crippen LogP contribution >= 0.6 is 0 Å². The van der Waals surface area contributed by atoms with E-state index in [9.17, 15) is 18.8 Å². The predicted molar refractivity (Wildman–Crippen MR) is 123 cm³/mol. The first kappa shape index (κ1) is 22.6. The fourth-order valence-corrected chi connectivity index (χ4v) is 4.36. The highest BCUT2D eigenvalue weighted by Crippen LogP contribution is 2.27. The average molecular weight is 477 g/mol. The van der Waals surface area contributed by atoms with Gasteiger partial charge in [-0.3, -0.25) is 14.2 Å². The Kier molecular flexibility index (Phi) is 5.94. The molecule has 2 aliphatic heterocycles. The maximum atomic E-state index is 13.8. The topological polar surface area (TPSA) is 88.0 Å². The number of ether oxygens (including phenoxy) is 1. The Hall–Kier alpha value is -4.21. The minimum absolute atomic E-state index is 0.155. The second-order valence-corrected chi connectivity index (χ2v) is 8.55. The van der Waals surface area contributed by atoms with Crippen LogP contribution in [0.25, 0.3) is 5.69 Å². The smallest absolute Gasteiger partial charge is 0.410 e. The van der Waals surface area contributed by atoms with Gasteiger partial charge in [-0.25, -0.2) is 14.2 Å². The number of halogens is 1. The lowest BCUT2D eigenvalue weighted by Crippen LogP contribution is -2.51. The van der Waals surface area contributed by atoms with Gasteiger partial charge in [-0.05, 0) is 23.8 Å². The summed E-state index contributed by atoms with van der Waals surface area (Å²) >= 11 is 0. The number of imidazole rings is 1. The van der Waals surface area contributed by atoms with Crippen molar-refractivity contribution in [1.82, 2.24) is 24.3 Å². The van der Waals surface area contributed by atoms with Gasteiger partial charge in [-0.1, -0.05) is 30.3 Å². The summed E-state index contributed by atoms with van der Waals surface area (Å²) < 4.78 is 20.9. The molecule has 3 aromatic rings. The van der Waals surface area contributed by atoms with Crippen molar-refractivity contribution in [3.8, 4) is 5.69 Å². The standard InChI is InChI=1S/C25H24FN5O4/c1-28-14-21-22(27-16-31(21)20-8-7-18(26)13-19(20)23(28)32)24(33)29-9-11-30(12-10-29)25(34)35-15-17-5-3-2-4-6-17/h2-8,13,16H,9-12,14-15H2,1H3. The zero-order valence-corrected chi connectivity index (χ0v) is 19.2. The van der Waals surface area contributed by atoms with E-state index in [2.05, 4.69) is 4.98 Å². The number of carbonyl (C=O) groups excluding carboxylic acids is 3. The van der Waals surface area contributed by atoms with Crippen molar-refractivity contribution in [2.75, 3.05) is 33.2 Å². The first-order valence-electron chi connectivity index (χ1n) is 11.3. The number of nitrogens with zero attached hydrogens (tertiary/aromatic N) is 5. The second kappa shape index (κ2) is 9.21. The van der Waals surface area contributed by atoms with Gasteiger partial charge in [0.05, 0.1) is 23.5 Å². The van der Waals surface area contributed by atoms with E-state index < -0.39 is 11.9 Å². The van der Waals surface area contributed by atoms with Crippen LogP contribution in [0.4, 0.5) is 9.18 Å². The predicted octanol–water partition coefficient (Wildman–Crippen LogP) is 2.69. The Labute approximate surface area is 201 Å². The van der Waals surface area contributed by atoms with Crippen molar-refractivity contribution >= 4 is 17.9 Å². The van der Waals surface area contributed by atoms with E-state index in [0.717, 1.165) is 5.56 Å². The molecule has 2 aromatic carbocycles. The molecule has 3 heterocycles. The van der Waals surface area contributed by atoms with Gasteiger partial charge in [-0.2, -0.15) is 0 Å². The van der Waals surface area contributed by atoms with Crippen LogP contribution in [0.1, 0.15) is 32.1 Å². The molecule has 0 unspecified atom stereocenters. The van der Waals surface area contributed by atoms with Crippen LogP contribution < -0.4 is 0 Å². The van der Waals surface area contributed by atoms with Crippen LogP contribution in [0.3, 0.4) is 0 Å². The maximum Gasteiger partial charge on any atom is 0.410 e. The molecule has 0 spiro atoms. The Bertz CT molecular complexity index is 1280. The SMILES string of the molecule is CN1Cc2c(C(=O)N3CCN(C(=O)OCc4ccccc4)CC3)ncn2-c2ccc(F)cc2C1=O. The summed E-state index contributed by atoms with van der Waals surface area (Å²) in [5.41, 5.74) is 2.39. The number of carbonyl (C=O) groups is 3. The Balaban J connectivity index is 1.28. The summed E-state index contributed by atoms with van der Waals surface area (Å²) in [5.74, 6) is -1.11. The first-order valence-corrected chi connectivity index (χ1v) is 11.3. The quantitative estimate of drug-likeness (QED) is 0.579. The molecule has 0 N–H and O–H groups in total. The van der Waals surface area contributed by atoms with E-state index in [1.807, 2.05) is 30.3 Å². The maximum absolute atomic E-state index is 13.8. The zero-order valence-electron chi connectivity index (χ0n) is 19.2. The minimum Gasteiger partial charge on any atom is -0.445 e. The molecule has 10 heteroatoms. The highest BCUT2D eigenvalue weighted by Gasteiger charge is 2.32. The number of hydrogen-bond acceptors (Lipinski definition) is 5. The molecular formula is C25H24FN5O4. The van der Waals surface area contributed by atoms with Crippen molar-refractivity contribution in [3.05, 3.63) is 83.2 Å². The van der Waals surface area contributed by atoms with Gasteiger partial charge in [0.15, 0.2) is 5.69 Å².